The van der Waals surface area contributed by atoms with Gasteiger partial charge in [0.05, 0.1) is 16.3 Å². The SMILES string of the molecule is CC1CNC(C2CC2)CN1c1cc(C(F)(F)F)ccc1Cl. The summed E-state index contributed by atoms with van der Waals surface area (Å²) in [5.74, 6) is 0.657. The lowest BCUT2D eigenvalue weighted by molar-refractivity contribution is -0.137. The van der Waals surface area contributed by atoms with E-state index in [1.165, 1.54) is 25.0 Å². The van der Waals surface area contributed by atoms with Crippen molar-refractivity contribution in [3.63, 3.8) is 0 Å². The van der Waals surface area contributed by atoms with E-state index in [4.69, 9.17) is 11.6 Å². The molecular formula is C15H18ClF3N2. The van der Waals surface area contributed by atoms with Gasteiger partial charge in [-0.2, -0.15) is 13.2 Å². The minimum Gasteiger partial charge on any atom is -0.365 e. The van der Waals surface area contributed by atoms with Crippen LogP contribution in [0, 0.1) is 5.92 Å². The van der Waals surface area contributed by atoms with E-state index in [0.717, 1.165) is 12.6 Å². The van der Waals surface area contributed by atoms with E-state index in [9.17, 15) is 13.2 Å². The van der Waals surface area contributed by atoms with Gasteiger partial charge in [0.2, 0.25) is 0 Å². The van der Waals surface area contributed by atoms with Crippen molar-refractivity contribution in [3.8, 4) is 0 Å². The molecule has 1 heterocycles. The number of alkyl halides is 3. The van der Waals surface area contributed by atoms with Crippen LogP contribution in [0.5, 0.6) is 0 Å². The fourth-order valence-electron chi connectivity index (χ4n) is 2.95. The van der Waals surface area contributed by atoms with E-state index >= 15 is 0 Å². The molecule has 0 bridgehead atoms. The number of hydrogen-bond acceptors (Lipinski definition) is 2. The first-order valence-corrected chi connectivity index (χ1v) is 7.61. The van der Waals surface area contributed by atoms with Crippen molar-refractivity contribution in [2.24, 2.45) is 5.92 Å². The van der Waals surface area contributed by atoms with Crippen LogP contribution in [0.2, 0.25) is 5.02 Å². The fourth-order valence-corrected chi connectivity index (χ4v) is 3.17. The molecule has 116 valence electrons. The molecule has 1 aromatic carbocycles. The maximum atomic E-state index is 12.9. The number of hydrogen-bond donors (Lipinski definition) is 1. The van der Waals surface area contributed by atoms with Crippen molar-refractivity contribution < 1.29 is 13.2 Å². The van der Waals surface area contributed by atoms with Crippen molar-refractivity contribution in [2.45, 2.75) is 38.0 Å². The summed E-state index contributed by atoms with van der Waals surface area (Å²) in [6, 6.07) is 4.04. The summed E-state index contributed by atoms with van der Waals surface area (Å²) < 4.78 is 38.7. The average molecular weight is 319 g/mol. The van der Waals surface area contributed by atoms with Gasteiger partial charge in [0, 0.05) is 25.2 Å². The molecule has 0 aromatic heterocycles. The van der Waals surface area contributed by atoms with Gasteiger partial charge in [0.1, 0.15) is 0 Å². The lowest BCUT2D eigenvalue weighted by Gasteiger charge is -2.41. The zero-order valence-corrected chi connectivity index (χ0v) is 12.5. The van der Waals surface area contributed by atoms with Gasteiger partial charge < -0.3 is 10.2 Å². The highest BCUT2D eigenvalue weighted by atomic mass is 35.5. The third-order valence-electron chi connectivity index (χ3n) is 4.37. The van der Waals surface area contributed by atoms with Crippen LogP contribution in [0.1, 0.15) is 25.3 Å². The highest BCUT2D eigenvalue weighted by Gasteiger charge is 2.37. The molecule has 2 atom stereocenters. The first kappa shape index (κ1) is 15.0. The molecule has 3 rings (SSSR count). The first-order chi connectivity index (χ1) is 9.86. The zero-order chi connectivity index (χ0) is 15.2. The number of halogens is 4. The summed E-state index contributed by atoms with van der Waals surface area (Å²) in [6.07, 6.45) is -1.93. The van der Waals surface area contributed by atoms with Crippen LogP contribution in [-0.4, -0.2) is 25.2 Å². The molecule has 1 aliphatic heterocycles. The second-order valence-corrected chi connectivity index (χ2v) is 6.42. The fraction of sp³-hybridized carbons (Fsp3) is 0.600. The summed E-state index contributed by atoms with van der Waals surface area (Å²) in [5, 5.41) is 3.87. The Morgan fingerprint density at radius 3 is 2.62 bits per heavy atom. The van der Waals surface area contributed by atoms with Gasteiger partial charge in [-0.15, -0.1) is 0 Å². The Balaban J connectivity index is 1.89. The Hall–Kier alpha value is -0.940. The third kappa shape index (κ3) is 3.14. The van der Waals surface area contributed by atoms with Gasteiger partial charge in [0.15, 0.2) is 0 Å². The maximum absolute atomic E-state index is 12.9. The summed E-state index contributed by atoms with van der Waals surface area (Å²) in [4.78, 5) is 2.01. The van der Waals surface area contributed by atoms with Gasteiger partial charge in [0.25, 0.3) is 0 Å². The van der Waals surface area contributed by atoms with Gasteiger partial charge in [-0.3, -0.25) is 0 Å². The van der Waals surface area contributed by atoms with E-state index in [0.29, 0.717) is 29.2 Å². The van der Waals surface area contributed by atoms with Crippen molar-refractivity contribution >= 4 is 17.3 Å². The van der Waals surface area contributed by atoms with Gasteiger partial charge in [-0.1, -0.05) is 11.6 Å². The highest BCUT2D eigenvalue weighted by Crippen LogP contribution is 2.39. The molecular weight excluding hydrogens is 301 g/mol. The molecule has 0 radical (unpaired) electrons. The molecule has 2 unspecified atom stereocenters. The average Bonchev–Trinajstić information content (AvgIpc) is 3.23. The van der Waals surface area contributed by atoms with Crippen LogP contribution in [-0.2, 0) is 6.18 Å². The quantitative estimate of drug-likeness (QED) is 0.888. The second kappa shape index (κ2) is 5.36. The smallest absolute Gasteiger partial charge is 0.365 e. The van der Waals surface area contributed by atoms with Crippen molar-refractivity contribution in [2.75, 3.05) is 18.0 Å². The minimum absolute atomic E-state index is 0.126. The van der Waals surface area contributed by atoms with E-state index < -0.39 is 11.7 Å². The third-order valence-corrected chi connectivity index (χ3v) is 4.69. The molecule has 2 fully saturated rings. The maximum Gasteiger partial charge on any atom is 0.416 e. The summed E-state index contributed by atoms with van der Waals surface area (Å²) in [5.41, 5.74) is -0.151. The molecule has 1 saturated heterocycles. The van der Waals surface area contributed by atoms with E-state index in [-0.39, 0.29) is 6.04 Å². The normalized spacial score (nSPS) is 27.0. The Morgan fingerprint density at radius 1 is 1.29 bits per heavy atom. The summed E-state index contributed by atoms with van der Waals surface area (Å²) in [7, 11) is 0. The Morgan fingerprint density at radius 2 is 2.00 bits per heavy atom. The van der Waals surface area contributed by atoms with E-state index in [1.807, 2.05) is 11.8 Å². The van der Waals surface area contributed by atoms with Crippen molar-refractivity contribution in [1.29, 1.82) is 0 Å². The van der Waals surface area contributed by atoms with Gasteiger partial charge in [-0.25, -0.2) is 0 Å². The van der Waals surface area contributed by atoms with Gasteiger partial charge in [-0.05, 0) is 43.9 Å². The number of nitrogens with one attached hydrogen (secondary N) is 1. The van der Waals surface area contributed by atoms with Crippen LogP contribution < -0.4 is 10.2 Å². The molecule has 0 spiro atoms. The lowest BCUT2D eigenvalue weighted by atomic mass is 10.0. The highest BCUT2D eigenvalue weighted by molar-refractivity contribution is 6.33. The Labute approximate surface area is 127 Å². The Kier molecular flexibility index (Phi) is 3.82. The molecule has 1 aromatic rings. The summed E-state index contributed by atoms with van der Waals surface area (Å²) >= 11 is 6.16. The molecule has 1 aliphatic carbocycles. The van der Waals surface area contributed by atoms with E-state index in [1.54, 1.807) is 0 Å². The van der Waals surface area contributed by atoms with Gasteiger partial charge >= 0.3 is 6.18 Å². The van der Waals surface area contributed by atoms with Crippen LogP contribution in [0.25, 0.3) is 0 Å². The number of rotatable bonds is 2. The number of nitrogens with zero attached hydrogens (tertiary/aromatic N) is 1. The topological polar surface area (TPSA) is 15.3 Å². The zero-order valence-electron chi connectivity index (χ0n) is 11.8. The number of anilines is 1. The van der Waals surface area contributed by atoms with Crippen molar-refractivity contribution in [3.05, 3.63) is 28.8 Å². The van der Waals surface area contributed by atoms with Crippen LogP contribution in [0.15, 0.2) is 18.2 Å². The monoisotopic (exact) mass is 318 g/mol. The molecule has 0 amide bonds. The molecule has 2 aliphatic rings. The minimum atomic E-state index is -4.34. The number of benzene rings is 1. The standard InChI is InChI=1S/C15H18ClF3N2/c1-9-7-20-13(10-2-3-10)8-21(9)14-6-11(15(17,18)19)4-5-12(14)16/h4-6,9-10,13,20H,2-3,7-8H2,1H3. The first-order valence-electron chi connectivity index (χ1n) is 7.23. The van der Waals surface area contributed by atoms with Crippen molar-refractivity contribution in [1.82, 2.24) is 5.32 Å². The van der Waals surface area contributed by atoms with E-state index in [2.05, 4.69) is 5.32 Å². The molecule has 21 heavy (non-hydrogen) atoms. The van der Waals surface area contributed by atoms with Crippen LogP contribution >= 0.6 is 11.6 Å². The molecule has 1 saturated carbocycles. The Bertz CT molecular complexity index is 528. The number of piperazine rings is 1. The largest absolute Gasteiger partial charge is 0.416 e. The van der Waals surface area contributed by atoms with Crippen LogP contribution in [0.4, 0.5) is 18.9 Å². The molecule has 6 heteroatoms. The summed E-state index contributed by atoms with van der Waals surface area (Å²) in [6.45, 7) is 3.49. The molecule has 2 nitrogen and oxygen atoms in total. The molecule has 1 N–H and O–H groups in total. The lowest BCUT2D eigenvalue weighted by Crippen LogP contribution is -2.56. The van der Waals surface area contributed by atoms with Crippen LogP contribution in [0.3, 0.4) is 0 Å². The predicted molar refractivity (Wildman–Crippen MR) is 77.8 cm³/mol. The second-order valence-electron chi connectivity index (χ2n) is 6.02. The predicted octanol–water partition coefficient (Wildman–Crippen LogP) is 3.94.